The van der Waals surface area contributed by atoms with E-state index < -0.39 is 12.1 Å². The Bertz CT molecular complexity index is 708. The van der Waals surface area contributed by atoms with Crippen LogP contribution in [0.4, 0.5) is 18.0 Å². The summed E-state index contributed by atoms with van der Waals surface area (Å²) in [6, 6.07) is 3.44. The van der Waals surface area contributed by atoms with Crippen molar-refractivity contribution in [3.8, 4) is 10.7 Å². The van der Waals surface area contributed by atoms with Crippen LogP contribution in [0.25, 0.3) is 10.7 Å². The SMILES string of the molecule is CN(Cc1ccc(-c2noc(C(F)(F)F)n2)s1)C(=O)NC1CC1. The van der Waals surface area contributed by atoms with Gasteiger partial charge in [0.1, 0.15) is 0 Å². The molecule has 1 fully saturated rings. The zero-order chi connectivity index (χ0) is 16.6. The molecule has 3 rings (SSSR count). The molecule has 2 amide bonds. The van der Waals surface area contributed by atoms with Crippen molar-refractivity contribution in [2.45, 2.75) is 31.6 Å². The molecule has 0 aromatic carbocycles. The third-order valence-corrected chi connectivity index (χ3v) is 4.26. The van der Waals surface area contributed by atoms with Crippen LogP contribution in [0.3, 0.4) is 0 Å². The molecule has 2 aromatic rings. The zero-order valence-corrected chi connectivity index (χ0v) is 12.9. The number of thiophene rings is 1. The Morgan fingerprint density at radius 2 is 2.22 bits per heavy atom. The maximum Gasteiger partial charge on any atom is 0.471 e. The number of amides is 2. The monoisotopic (exact) mass is 346 g/mol. The molecule has 1 saturated carbocycles. The molecule has 0 aliphatic heterocycles. The van der Waals surface area contributed by atoms with E-state index in [1.54, 1.807) is 19.2 Å². The van der Waals surface area contributed by atoms with Gasteiger partial charge in [0, 0.05) is 18.0 Å². The highest BCUT2D eigenvalue weighted by molar-refractivity contribution is 7.15. The van der Waals surface area contributed by atoms with Crippen LogP contribution in [0.1, 0.15) is 23.6 Å². The van der Waals surface area contributed by atoms with Gasteiger partial charge in [0.05, 0.1) is 11.4 Å². The number of carbonyl (C=O) groups is 1. The Labute approximate surface area is 133 Å². The van der Waals surface area contributed by atoms with Gasteiger partial charge in [-0.05, 0) is 25.0 Å². The molecule has 0 radical (unpaired) electrons. The molecule has 0 atom stereocenters. The van der Waals surface area contributed by atoms with E-state index in [1.807, 2.05) is 0 Å². The number of hydrogen-bond acceptors (Lipinski definition) is 5. The van der Waals surface area contributed by atoms with Crippen LogP contribution in [0.5, 0.6) is 0 Å². The number of hydrogen-bond donors (Lipinski definition) is 1. The van der Waals surface area contributed by atoms with Gasteiger partial charge in [0.25, 0.3) is 0 Å². The second-order valence-corrected chi connectivity index (χ2v) is 6.44. The minimum atomic E-state index is -4.66. The van der Waals surface area contributed by atoms with Crippen molar-refractivity contribution in [2.75, 3.05) is 7.05 Å². The van der Waals surface area contributed by atoms with Gasteiger partial charge in [-0.1, -0.05) is 5.16 Å². The Kier molecular flexibility index (Phi) is 4.00. The second-order valence-electron chi connectivity index (χ2n) is 5.27. The molecule has 2 heterocycles. The predicted octanol–water partition coefficient (Wildman–Crippen LogP) is 3.12. The number of urea groups is 1. The number of halogens is 3. The highest BCUT2D eigenvalue weighted by atomic mass is 32.1. The summed E-state index contributed by atoms with van der Waals surface area (Å²) in [5.41, 5.74) is 0. The summed E-state index contributed by atoms with van der Waals surface area (Å²) in [4.78, 5) is 18.0. The molecule has 124 valence electrons. The molecule has 0 bridgehead atoms. The van der Waals surface area contributed by atoms with Crippen LogP contribution in [0.15, 0.2) is 16.7 Å². The summed E-state index contributed by atoms with van der Waals surface area (Å²) in [6.07, 6.45) is -2.66. The normalized spacial score (nSPS) is 14.8. The average Bonchev–Trinajstić information content (AvgIpc) is 2.98. The van der Waals surface area contributed by atoms with Gasteiger partial charge in [-0.15, -0.1) is 11.3 Å². The molecule has 0 saturated heterocycles. The largest absolute Gasteiger partial charge is 0.471 e. The first-order chi connectivity index (χ1) is 10.8. The van der Waals surface area contributed by atoms with E-state index in [0.29, 0.717) is 11.4 Å². The highest BCUT2D eigenvalue weighted by Crippen LogP contribution is 2.32. The molecule has 23 heavy (non-hydrogen) atoms. The van der Waals surface area contributed by atoms with Crippen LogP contribution in [0, 0.1) is 0 Å². The Hall–Kier alpha value is -2.10. The second kappa shape index (κ2) is 5.84. The Morgan fingerprint density at radius 1 is 1.48 bits per heavy atom. The Morgan fingerprint density at radius 3 is 2.83 bits per heavy atom. The highest BCUT2D eigenvalue weighted by Gasteiger charge is 2.38. The smallest absolute Gasteiger partial charge is 0.335 e. The molecule has 10 heteroatoms. The molecule has 1 aliphatic rings. The van der Waals surface area contributed by atoms with Gasteiger partial charge in [0.2, 0.25) is 5.82 Å². The van der Waals surface area contributed by atoms with E-state index in [9.17, 15) is 18.0 Å². The van der Waals surface area contributed by atoms with Crippen LogP contribution < -0.4 is 5.32 Å². The van der Waals surface area contributed by atoms with E-state index in [4.69, 9.17) is 0 Å². The lowest BCUT2D eigenvalue weighted by Crippen LogP contribution is -2.37. The summed E-state index contributed by atoms with van der Waals surface area (Å²) < 4.78 is 41.6. The number of alkyl halides is 3. The standard InChI is InChI=1S/C13H13F3N4O2S/c1-20(12(21)17-7-2-3-7)6-8-4-5-9(23-8)10-18-11(22-19-10)13(14,15)16/h4-5,7H,2-3,6H2,1H3,(H,17,21). The summed E-state index contributed by atoms with van der Waals surface area (Å²) in [5.74, 6) is -1.48. The van der Waals surface area contributed by atoms with E-state index in [2.05, 4.69) is 20.0 Å². The van der Waals surface area contributed by atoms with E-state index in [0.717, 1.165) is 17.7 Å². The van der Waals surface area contributed by atoms with Crippen LogP contribution in [-0.2, 0) is 12.7 Å². The van der Waals surface area contributed by atoms with Gasteiger partial charge < -0.3 is 14.7 Å². The first-order valence-corrected chi connectivity index (χ1v) is 7.66. The maximum absolute atomic E-state index is 12.4. The van der Waals surface area contributed by atoms with Gasteiger partial charge in [-0.2, -0.15) is 18.2 Å². The van der Waals surface area contributed by atoms with Crippen molar-refractivity contribution in [3.63, 3.8) is 0 Å². The topological polar surface area (TPSA) is 71.3 Å². The minimum Gasteiger partial charge on any atom is -0.335 e. The lowest BCUT2D eigenvalue weighted by Gasteiger charge is -2.16. The fourth-order valence-electron chi connectivity index (χ4n) is 1.84. The lowest BCUT2D eigenvalue weighted by atomic mass is 10.4. The van der Waals surface area contributed by atoms with Crippen molar-refractivity contribution in [1.29, 1.82) is 0 Å². The van der Waals surface area contributed by atoms with Crippen LogP contribution in [-0.4, -0.2) is 34.2 Å². The molecule has 2 aromatic heterocycles. The first-order valence-electron chi connectivity index (χ1n) is 6.84. The first kappa shape index (κ1) is 15.8. The maximum atomic E-state index is 12.4. The summed E-state index contributed by atoms with van der Waals surface area (Å²) in [7, 11) is 1.66. The van der Waals surface area contributed by atoms with E-state index in [-0.39, 0.29) is 17.9 Å². The van der Waals surface area contributed by atoms with Crippen molar-refractivity contribution < 1.29 is 22.5 Å². The van der Waals surface area contributed by atoms with Crippen LogP contribution >= 0.6 is 11.3 Å². The van der Waals surface area contributed by atoms with E-state index >= 15 is 0 Å². The third-order valence-electron chi connectivity index (χ3n) is 3.20. The lowest BCUT2D eigenvalue weighted by molar-refractivity contribution is -0.159. The summed E-state index contributed by atoms with van der Waals surface area (Å²) in [5, 5.41) is 6.20. The minimum absolute atomic E-state index is 0.112. The van der Waals surface area contributed by atoms with Gasteiger partial charge >= 0.3 is 18.1 Å². The van der Waals surface area contributed by atoms with Crippen LogP contribution in [0.2, 0.25) is 0 Å². The van der Waals surface area contributed by atoms with E-state index in [1.165, 1.54) is 16.2 Å². The molecule has 0 spiro atoms. The molecular weight excluding hydrogens is 333 g/mol. The average molecular weight is 346 g/mol. The fourth-order valence-corrected chi connectivity index (χ4v) is 2.83. The van der Waals surface area contributed by atoms with Gasteiger partial charge in [-0.3, -0.25) is 0 Å². The van der Waals surface area contributed by atoms with Crippen molar-refractivity contribution in [2.24, 2.45) is 0 Å². The van der Waals surface area contributed by atoms with Crippen molar-refractivity contribution in [3.05, 3.63) is 22.9 Å². The molecule has 1 N–H and O–H groups in total. The quantitative estimate of drug-likeness (QED) is 0.923. The number of nitrogens with zero attached hydrogens (tertiary/aromatic N) is 3. The summed E-state index contributed by atoms with van der Waals surface area (Å²) >= 11 is 1.22. The third kappa shape index (κ3) is 3.81. The molecule has 0 unspecified atom stereocenters. The molecule has 1 aliphatic carbocycles. The number of carbonyl (C=O) groups excluding carboxylic acids is 1. The molecular formula is C13H13F3N4O2S. The summed E-state index contributed by atoms with van der Waals surface area (Å²) in [6.45, 7) is 0.354. The Balaban J connectivity index is 1.65. The fraction of sp³-hybridized carbons (Fsp3) is 0.462. The van der Waals surface area contributed by atoms with Crippen molar-refractivity contribution in [1.82, 2.24) is 20.4 Å². The van der Waals surface area contributed by atoms with Crippen molar-refractivity contribution >= 4 is 17.4 Å². The zero-order valence-electron chi connectivity index (χ0n) is 12.1. The number of nitrogens with one attached hydrogen (secondary N) is 1. The predicted molar refractivity (Wildman–Crippen MR) is 75.6 cm³/mol. The number of rotatable bonds is 4. The number of aromatic nitrogens is 2. The van der Waals surface area contributed by atoms with Gasteiger partial charge in [0.15, 0.2) is 0 Å². The molecule has 6 nitrogen and oxygen atoms in total. The van der Waals surface area contributed by atoms with Gasteiger partial charge in [-0.25, -0.2) is 4.79 Å².